The molecule has 1 aliphatic heterocycles. The minimum absolute atomic E-state index is 0.00187. The molecule has 2 N–H and O–H groups in total. The Morgan fingerprint density at radius 1 is 1.17 bits per heavy atom. The van der Waals surface area contributed by atoms with Gasteiger partial charge in [0.1, 0.15) is 5.78 Å². The van der Waals surface area contributed by atoms with E-state index in [9.17, 15) is 15.0 Å². The summed E-state index contributed by atoms with van der Waals surface area (Å²) in [6.45, 7) is 7.30. The minimum atomic E-state index is -0.965. The molecule has 134 valence electrons. The van der Waals surface area contributed by atoms with Crippen LogP contribution in [-0.4, -0.2) is 40.9 Å². The summed E-state index contributed by atoms with van der Waals surface area (Å²) in [6.07, 6.45) is 3.45. The summed E-state index contributed by atoms with van der Waals surface area (Å²) in [7, 11) is 0. The van der Waals surface area contributed by atoms with Crippen molar-refractivity contribution in [3.63, 3.8) is 0 Å². The highest BCUT2D eigenvalue weighted by Crippen LogP contribution is 2.73. The van der Waals surface area contributed by atoms with E-state index in [0.717, 1.165) is 19.3 Å². The lowest BCUT2D eigenvalue weighted by atomic mass is 9.40. The van der Waals surface area contributed by atoms with E-state index in [4.69, 9.17) is 4.74 Å². The van der Waals surface area contributed by atoms with Crippen LogP contribution in [0.15, 0.2) is 0 Å². The van der Waals surface area contributed by atoms with E-state index in [0.29, 0.717) is 18.9 Å². The van der Waals surface area contributed by atoms with E-state index in [1.165, 1.54) is 6.42 Å². The van der Waals surface area contributed by atoms with Gasteiger partial charge in [0, 0.05) is 17.3 Å². The second-order valence-corrected chi connectivity index (χ2v) is 10.1. The molecule has 1 heterocycles. The zero-order valence-corrected chi connectivity index (χ0v) is 15.0. The molecule has 0 amide bonds. The molecule has 4 aliphatic carbocycles. The van der Waals surface area contributed by atoms with E-state index in [1.807, 2.05) is 6.92 Å². The third kappa shape index (κ3) is 1.44. The van der Waals surface area contributed by atoms with E-state index < -0.39 is 17.6 Å². The Bertz CT molecular complexity index is 600. The molecule has 0 unspecified atom stereocenters. The number of aliphatic hydroxyl groups excluding tert-OH is 2. The van der Waals surface area contributed by atoms with Crippen molar-refractivity contribution in [1.82, 2.24) is 0 Å². The quantitative estimate of drug-likeness (QED) is 0.712. The number of hydrogen-bond acceptors (Lipinski definition) is 4. The number of hydrogen-bond donors (Lipinski definition) is 2. The van der Waals surface area contributed by atoms with E-state index in [1.54, 1.807) is 0 Å². The van der Waals surface area contributed by atoms with Crippen LogP contribution in [0, 0.1) is 39.9 Å². The van der Waals surface area contributed by atoms with Crippen molar-refractivity contribution in [2.45, 2.75) is 71.2 Å². The van der Waals surface area contributed by atoms with Crippen molar-refractivity contribution in [2.24, 2.45) is 39.9 Å². The lowest BCUT2D eigenvalue weighted by molar-refractivity contribution is -0.220. The van der Waals surface area contributed by atoms with Crippen LogP contribution < -0.4 is 0 Å². The van der Waals surface area contributed by atoms with Crippen LogP contribution in [0.4, 0.5) is 0 Å². The minimum Gasteiger partial charge on any atom is -0.392 e. The van der Waals surface area contributed by atoms with Crippen LogP contribution in [0.1, 0.15) is 52.9 Å². The van der Waals surface area contributed by atoms with E-state index >= 15 is 0 Å². The van der Waals surface area contributed by atoms with Crippen LogP contribution in [0.3, 0.4) is 0 Å². The molecule has 1 saturated heterocycles. The molecule has 5 rings (SSSR count). The van der Waals surface area contributed by atoms with Gasteiger partial charge in [-0.3, -0.25) is 4.79 Å². The average Bonchev–Trinajstić information content (AvgIpc) is 2.93. The normalized spacial score (nSPS) is 60.7. The first kappa shape index (κ1) is 15.8. The van der Waals surface area contributed by atoms with Crippen molar-refractivity contribution < 1.29 is 19.7 Å². The second-order valence-electron chi connectivity index (χ2n) is 10.1. The van der Waals surface area contributed by atoms with Gasteiger partial charge in [-0.15, -0.1) is 0 Å². The molecule has 2 bridgehead atoms. The fourth-order valence-corrected chi connectivity index (χ4v) is 8.19. The zero-order valence-electron chi connectivity index (χ0n) is 15.0. The predicted molar refractivity (Wildman–Crippen MR) is 88.1 cm³/mol. The van der Waals surface area contributed by atoms with Crippen molar-refractivity contribution in [3.05, 3.63) is 0 Å². The Morgan fingerprint density at radius 3 is 2.67 bits per heavy atom. The molecule has 2 spiro atoms. The van der Waals surface area contributed by atoms with Crippen LogP contribution in [0.5, 0.6) is 0 Å². The van der Waals surface area contributed by atoms with Gasteiger partial charge in [-0.05, 0) is 42.9 Å². The monoisotopic (exact) mass is 334 g/mol. The van der Waals surface area contributed by atoms with E-state index in [-0.39, 0.29) is 40.5 Å². The number of Topliss-reactive ketones (excluding diaryl/α,β-unsaturated/α-hetero) is 1. The third-order valence-corrected chi connectivity index (χ3v) is 9.06. The first-order valence-electron chi connectivity index (χ1n) is 9.79. The summed E-state index contributed by atoms with van der Waals surface area (Å²) in [5.74, 6) is 0.293. The zero-order chi connectivity index (χ0) is 17.1. The summed E-state index contributed by atoms with van der Waals surface area (Å²) >= 11 is 0. The summed E-state index contributed by atoms with van der Waals surface area (Å²) < 4.78 is 6.32. The molecule has 4 heteroatoms. The van der Waals surface area contributed by atoms with Gasteiger partial charge in [0.05, 0.1) is 30.3 Å². The molecule has 0 aromatic heterocycles. The molecule has 4 nitrogen and oxygen atoms in total. The van der Waals surface area contributed by atoms with Crippen molar-refractivity contribution in [2.75, 3.05) is 6.61 Å². The number of fused-ring (bicyclic) bond motifs is 1. The topological polar surface area (TPSA) is 66.8 Å². The predicted octanol–water partition coefficient (Wildman–Crippen LogP) is 2.16. The molecular formula is C20H30O4. The van der Waals surface area contributed by atoms with Gasteiger partial charge in [0.15, 0.2) is 0 Å². The Labute approximate surface area is 144 Å². The maximum atomic E-state index is 13.3. The maximum absolute atomic E-state index is 13.3. The highest BCUT2D eigenvalue weighted by Gasteiger charge is 2.79. The Balaban J connectivity index is 1.72. The van der Waals surface area contributed by atoms with Gasteiger partial charge in [-0.1, -0.05) is 27.2 Å². The van der Waals surface area contributed by atoms with E-state index in [2.05, 4.69) is 13.8 Å². The fraction of sp³-hybridized carbons (Fsp3) is 0.950. The number of rotatable bonds is 0. The lowest BCUT2D eigenvalue weighted by Gasteiger charge is -2.63. The Morgan fingerprint density at radius 2 is 1.92 bits per heavy atom. The molecule has 0 aromatic carbocycles. The summed E-state index contributed by atoms with van der Waals surface area (Å²) in [5.41, 5.74) is -0.834. The lowest BCUT2D eigenvalue weighted by Crippen LogP contribution is -2.68. The van der Waals surface area contributed by atoms with Crippen molar-refractivity contribution in [3.8, 4) is 0 Å². The molecule has 0 radical (unpaired) electrons. The SMILES string of the molecule is C[C@H]1C(=O)[C@]23[C@H](O)C[C@@H]4C(C)(C)CCC[C@]45CO[C@H](C[C@@H]1[C@H]2O)[C@@H]53. The number of carbonyl (C=O) groups is 1. The van der Waals surface area contributed by atoms with Crippen molar-refractivity contribution >= 4 is 5.78 Å². The first-order chi connectivity index (χ1) is 11.3. The Kier molecular flexibility index (Phi) is 2.92. The molecule has 5 aliphatic rings. The maximum Gasteiger partial charge on any atom is 0.147 e. The second kappa shape index (κ2) is 4.44. The molecule has 0 aromatic rings. The van der Waals surface area contributed by atoms with Gasteiger partial charge in [0.25, 0.3) is 0 Å². The smallest absolute Gasteiger partial charge is 0.147 e. The fourth-order valence-electron chi connectivity index (χ4n) is 8.19. The summed E-state index contributed by atoms with van der Waals surface area (Å²) in [6, 6.07) is 0. The van der Waals surface area contributed by atoms with Crippen LogP contribution >= 0.6 is 0 Å². The average molecular weight is 334 g/mol. The van der Waals surface area contributed by atoms with Gasteiger partial charge in [0.2, 0.25) is 0 Å². The van der Waals surface area contributed by atoms with Crippen molar-refractivity contribution in [1.29, 1.82) is 0 Å². The molecule has 5 fully saturated rings. The van der Waals surface area contributed by atoms with Gasteiger partial charge in [-0.25, -0.2) is 0 Å². The van der Waals surface area contributed by atoms with Crippen LogP contribution in [0.25, 0.3) is 0 Å². The van der Waals surface area contributed by atoms with Crippen LogP contribution in [-0.2, 0) is 9.53 Å². The third-order valence-electron chi connectivity index (χ3n) is 9.06. The molecule has 24 heavy (non-hydrogen) atoms. The molecule has 9 atom stereocenters. The number of ether oxygens (including phenoxy) is 1. The van der Waals surface area contributed by atoms with Gasteiger partial charge in [-0.2, -0.15) is 0 Å². The van der Waals surface area contributed by atoms with Gasteiger partial charge >= 0.3 is 0 Å². The number of carbonyl (C=O) groups excluding carboxylic acids is 1. The highest BCUT2D eigenvalue weighted by atomic mass is 16.5. The highest BCUT2D eigenvalue weighted by molar-refractivity contribution is 5.92. The van der Waals surface area contributed by atoms with Gasteiger partial charge < -0.3 is 14.9 Å². The standard InChI is InChI=1S/C20H30O4/c1-10-11-7-12-15-19(9-24-12)6-4-5-18(2,3)13(19)8-14(21)20(15,16(10)22)17(11)23/h10-15,17,21,23H,4-9H2,1-3H3/t10-,11+,12-,13-,14-,15+,17-,19+,20-/m1/s1. The summed E-state index contributed by atoms with van der Waals surface area (Å²) in [4.78, 5) is 13.3. The molecule has 4 saturated carbocycles. The van der Waals surface area contributed by atoms with Crippen LogP contribution in [0.2, 0.25) is 0 Å². The largest absolute Gasteiger partial charge is 0.392 e. The first-order valence-corrected chi connectivity index (χ1v) is 9.79. The number of ketones is 1. The molecular weight excluding hydrogens is 304 g/mol. The summed E-state index contributed by atoms with van der Waals surface area (Å²) in [5, 5.41) is 22.4. The number of aliphatic hydroxyl groups is 2. The Hall–Kier alpha value is -0.450.